The van der Waals surface area contributed by atoms with Crippen molar-refractivity contribution >= 4 is 5.78 Å². The van der Waals surface area contributed by atoms with Gasteiger partial charge in [0.05, 0.1) is 11.6 Å². The van der Waals surface area contributed by atoms with Gasteiger partial charge >= 0.3 is 0 Å². The number of para-hydroxylation sites is 1. The van der Waals surface area contributed by atoms with Gasteiger partial charge in [0, 0.05) is 0 Å². The Morgan fingerprint density at radius 3 is 2.58 bits per heavy atom. The van der Waals surface area contributed by atoms with Crippen LogP contribution in [0.3, 0.4) is 0 Å². The average molecular weight is 165 g/mol. The van der Waals surface area contributed by atoms with Crippen LogP contribution in [0.2, 0.25) is 0 Å². The maximum Gasteiger partial charge on any atom is 0.182 e. The highest BCUT2D eigenvalue weighted by molar-refractivity contribution is 6.01. The van der Waals surface area contributed by atoms with Crippen LogP contribution < -0.4 is 5.73 Å². The average Bonchev–Trinajstić information content (AvgIpc) is 2.04. The van der Waals surface area contributed by atoms with E-state index in [0.29, 0.717) is 0 Å². The predicted octanol–water partition coefficient (Wildman–Crippen LogP) is 0.922. The summed E-state index contributed by atoms with van der Waals surface area (Å²) < 4.78 is 0. The lowest BCUT2D eigenvalue weighted by atomic mass is 10.1. The Morgan fingerprint density at radius 2 is 2.08 bits per heavy atom. The van der Waals surface area contributed by atoms with Crippen molar-refractivity contribution < 1.29 is 9.90 Å². The minimum absolute atomic E-state index is 0.0141. The van der Waals surface area contributed by atoms with Gasteiger partial charge in [0.1, 0.15) is 5.75 Å². The molecule has 0 saturated heterocycles. The Kier molecular flexibility index (Phi) is 2.45. The normalized spacial score (nSPS) is 12.5. The van der Waals surface area contributed by atoms with Gasteiger partial charge in [-0.25, -0.2) is 0 Å². The predicted molar refractivity (Wildman–Crippen MR) is 46.1 cm³/mol. The van der Waals surface area contributed by atoms with Gasteiger partial charge in [-0.2, -0.15) is 0 Å². The number of hydrogen-bond donors (Lipinski definition) is 2. The van der Waals surface area contributed by atoms with Crippen molar-refractivity contribution in [2.45, 2.75) is 13.0 Å². The zero-order valence-corrected chi connectivity index (χ0v) is 6.82. The summed E-state index contributed by atoms with van der Waals surface area (Å²) >= 11 is 0. The number of hydrogen-bond acceptors (Lipinski definition) is 3. The van der Waals surface area contributed by atoms with E-state index in [1.165, 1.54) is 6.07 Å². The highest BCUT2D eigenvalue weighted by atomic mass is 16.3. The highest BCUT2D eigenvalue weighted by Crippen LogP contribution is 2.16. The Morgan fingerprint density at radius 1 is 1.50 bits per heavy atom. The maximum absolute atomic E-state index is 11.3. The lowest BCUT2D eigenvalue weighted by molar-refractivity contribution is 0.0965. The Balaban J connectivity index is 3.03. The summed E-state index contributed by atoms with van der Waals surface area (Å²) in [6.45, 7) is 1.59. The van der Waals surface area contributed by atoms with Crippen LogP contribution in [-0.4, -0.2) is 16.9 Å². The molecule has 0 aliphatic rings. The third-order valence-corrected chi connectivity index (χ3v) is 1.58. The first-order valence-corrected chi connectivity index (χ1v) is 3.70. The molecule has 0 bridgehead atoms. The zero-order valence-electron chi connectivity index (χ0n) is 6.82. The van der Waals surface area contributed by atoms with Crippen molar-refractivity contribution in [1.29, 1.82) is 0 Å². The molecule has 3 nitrogen and oxygen atoms in total. The summed E-state index contributed by atoms with van der Waals surface area (Å²) in [5.74, 6) is -0.257. The number of benzene rings is 1. The summed E-state index contributed by atoms with van der Waals surface area (Å²) in [4.78, 5) is 11.3. The second kappa shape index (κ2) is 3.36. The number of nitrogens with two attached hydrogens (primary N) is 1. The molecule has 0 radical (unpaired) electrons. The zero-order chi connectivity index (χ0) is 9.14. The van der Waals surface area contributed by atoms with Crippen molar-refractivity contribution in [3.63, 3.8) is 0 Å². The molecule has 0 aromatic heterocycles. The molecule has 1 aromatic rings. The van der Waals surface area contributed by atoms with E-state index in [4.69, 9.17) is 5.73 Å². The van der Waals surface area contributed by atoms with Crippen LogP contribution in [0.25, 0.3) is 0 Å². The number of aromatic hydroxyl groups is 1. The Bertz CT molecular complexity index is 294. The van der Waals surface area contributed by atoms with Gasteiger partial charge in [0.15, 0.2) is 5.78 Å². The molecule has 0 unspecified atom stereocenters. The number of Topliss-reactive ketones (excluding diaryl/α,β-unsaturated/α-hetero) is 1. The molecule has 3 heteroatoms. The van der Waals surface area contributed by atoms with E-state index in [2.05, 4.69) is 0 Å². The fraction of sp³-hybridized carbons (Fsp3) is 0.222. The van der Waals surface area contributed by atoms with Crippen LogP contribution in [0.5, 0.6) is 5.75 Å². The van der Waals surface area contributed by atoms with Crippen LogP contribution in [0.1, 0.15) is 17.3 Å². The summed E-state index contributed by atoms with van der Waals surface area (Å²) in [5, 5.41) is 9.25. The van der Waals surface area contributed by atoms with Crippen LogP contribution in [0.4, 0.5) is 0 Å². The molecule has 0 spiro atoms. The molecule has 12 heavy (non-hydrogen) atoms. The van der Waals surface area contributed by atoms with Crippen molar-refractivity contribution in [2.24, 2.45) is 5.73 Å². The van der Waals surface area contributed by atoms with E-state index < -0.39 is 6.04 Å². The molecule has 0 amide bonds. The first kappa shape index (κ1) is 8.74. The Hall–Kier alpha value is -1.35. The fourth-order valence-corrected chi connectivity index (χ4v) is 0.927. The second-order valence-electron chi connectivity index (χ2n) is 2.67. The van der Waals surface area contributed by atoms with Gasteiger partial charge in [-0.3, -0.25) is 4.79 Å². The van der Waals surface area contributed by atoms with Crippen molar-refractivity contribution in [2.75, 3.05) is 0 Å². The number of phenols is 1. The van der Waals surface area contributed by atoms with E-state index in [0.717, 1.165) is 0 Å². The number of rotatable bonds is 2. The second-order valence-corrected chi connectivity index (χ2v) is 2.67. The molecule has 0 heterocycles. The van der Waals surface area contributed by atoms with Crippen molar-refractivity contribution in [3.8, 4) is 5.75 Å². The van der Waals surface area contributed by atoms with Gasteiger partial charge in [-0.05, 0) is 19.1 Å². The maximum atomic E-state index is 11.3. The number of ketones is 1. The first-order chi connectivity index (χ1) is 5.63. The minimum atomic E-state index is -0.571. The summed E-state index contributed by atoms with van der Waals surface area (Å²) in [6.07, 6.45) is 0. The van der Waals surface area contributed by atoms with Crippen LogP contribution in [-0.2, 0) is 0 Å². The largest absolute Gasteiger partial charge is 0.507 e. The molecular weight excluding hydrogens is 154 g/mol. The molecule has 0 aliphatic carbocycles. The molecule has 3 N–H and O–H groups in total. The van der Waals surface area contributed by atoms with Crippen LogP contribution in [0, 0.1) is 0 Å². The molecule has 1 atom stereocenters. The van der Waals surface area contributed by atoms with E-state index in [1.807, 2.05) is 0 Å². The molecule has 1 rings (SSSR count). The van der Waals surface area contributed by atoms with Gasteiger partial charge in [-0.15, -0.1) is 0 Å². The molecular formula is C9H11NO2. The summed E-state index contributed by atoms with van der Waals surface area (Å²) in [5.41, 5.74) is 5.66. The lowest BCUT2D eigenvalue weighted by Crippen LogP contribution is -2.26. The lowest BCUT2D eigenvalue weighted by Gasteiger charge is -2.05. The van der Waals surface area contributed by atoms with Crippen LogP contribution in [0.15, 0.2) is 24.3 Å². The molecule has 0 saturated carbocycles. The summed E-state index contributed by atoms with van der Waals surface area (Å²) in [6, 6.07) is 5.80. The monoisotopic (exact) mass is 165 g/mol. The van der Waals surface area contributed by atoms with Crippen LogP contribution >= 0.6 is 0 Å². The minimum Gasteiger partial charge on any atom is -0.507 e. The number of phenolic OH excluding ortho intramolecular Hbond substituents is 1. The molecule has 1 aromatic carbocycles. The van der Waals surface area contributed by atoms with Crippen molar-refractivity contribution in [3.05, 3.63) is 29.8 Å². The molecule has 0 fully saturated rings. The first-order valence-electron chi connectivity index (χ1n) is 3.70. The van der Waals surface area contributed by atoms with E-state index >= 15 is 0 Å². The Labute approximate surface area is 70.8 Å². The van der Waals surface area contributed by atoms with Gasteiger partial charge in [-0.1, -0.05) is 12.1 Å². The molecule has 0 aliphatic heterocycles. The summed E-state index contributed by atoms with van der Waals surface area (Å²) in [7, 11) is 0. The third kappa shape index (κ3) is 1.62. The topological polar surface area (TPSA) is 63.3 Å². The van der Waals surface area contributed by atoms with E-state index in [-0.39, 0.29) is 17.1 Å². The number of carbonyl (C=O) groups excluding carboxylic acids is 1. The van der Waals surface area contributed by atoms with Gasteiger partial charge < -0.3 is 10.8 Å². The third-order valence-electron chi connectivity index (χ3n) is 1.58. The fourth-order valence-electron chi connectivity index (χ4n) is 0.927. The highest BCUT2D eigenvalue weighted by Gasteiger charge is 2.13. The number of carbonyl (C=O) groups is 1. The SMILES string of the molecule is C[C@H](N)C(=O)c1ccccc1O. The van der Waals surface area contributed by atoms with E-state index in [9.17, 15) is 9.90 Å². The standard InChI is InChI=1S/C9H11NO2/c1-6(10)9(12)7-4-2-3-5-8(7)11/h2-6,11H,10H2,1H3/t6-/m0/s1. The van der Waals surface area contributed by atoms with Crippen molar-refractivity contribution in [1.82, 2.24) is 0 Å². The van der Waals surface area contributed by atoms with Gasteiger partial charge in [0.25, 0.3) is 0 Å². The quantitative estimate of drug-likeness (QED) is 0.640. The van der Waals surface area contributed by atoms with E-state index in [1.54, 1.807) is 25.1 Å². The molecule has 64 valence electrons. The van der Waals surface area contributed by atoms with Gasteiger partial charge in [0.2, 0.25) is 0 Å². The smallest absolute Gasteiger partial charge is 0.182 e.